The van der Waals surface area contributed by atoms with Crippen molar-refractivity contribution >= 4 is 17.5 Å². The highest BCUT2D eigenvalue weighted by Crippen LogP contribution is 2.27. The van der Waals surface area contributed by atoms with Crippen LogP contribution in [0.4, 0.5) is 20.4 Å². The van der Waals surface area contributed by atoms with Gasteiger partial charge in [-0.2, -0.15) is 0 Å². The van der Waals surface area contributed by atoms with Crippen LogP contribution in [0.15, 0.2) is 6.07 Å². The summed E-state index contributed by atoms with van der Waals surface area (Å²) < 4.78 is 27.4. The molecule has 7 heteroatoms. The van der Waals surface area contributed by atoms with Crippen LogP contribution < -0.4 is 16.0 Å². The number of halogens is 2. The molecule has 2 rings (SSSR count). The lowest BCUT2D eigenvalue weighted by Crippen LogP contribution is -2.28. The third-order valence-corrected chi connectivity index (χ3v) is 3.34. The fourth-order valence-corrected chi connectivity index (χ4v) is 2.23. The summed E-state index contributed by atoms with van der Waals surface area (Å²) in [5, 5.41) is 2.82. The number of primary amides is 1. The van der Waals surface area contributed by atoms with E-state index in [4.69, 9.17) is 5.73 Å². The first-order valence-corrected chi connectivity index (χ1v) is 6.67. The van der Waals surface area contributed by atoms with Gasteiger partial charge >= 0.3 is 0 Å². The highest BCUT2D eigenvalue weighted by atomic mass is 19.1. The Morgan fingerprint density at radius 3 is 2.90 bits per heavy atom. The third kappa shape index (κ3) is 2.97. The molecule has 0 aliphatic carbocycles. The first-order valence-electron chi connectivity index (χ1n) is 6.67. The number of anilines is 2. The van der Waals surface area contributed by atoms with E-state index in [1.54, 1.807) is 4.90 Å². The Hall–Kier alpha value is -1.92. The average molecular weight is 284 g/mol. The van der Waals surface area contributed by atoms with E-state index in [0.717, 1.165) is 12.5 Å². The number of nitrogens with one attached hydrogen (secondary N) is 1. The lowest BCUT2D eigenvalue weighted by Gasteiger charge is -2.19. The second-order valence-electron chi connectivity index (χ2n) is 4.88. The van der Waals surface area contributed by atoms with Crippen molar-refractivity contribution < 1.29 is 13.6 Å². The minimum Gasteiger partial charge on any atom is -0.369 e. The maximum absolute atomic E-state index is 13.8. The molecule has 0 aromatic carbocycles. The molecule has 3 N–H and O–H groups in total. The summed E-state index contributed by atoms with van der Waals surface area (Å²) in [5.41, 5.74) is 5.24. The van der Waals surface area contributed by atoms with Gasteiger partial charge in [-0.15, -0.1) is 0 Å². The molecular weight excluding hydrogens is 266 g/mol. The van der Waals surface area contributed by atoms with Crippen LogP contribution in [0.1, 0.15) is 19.8 Å². The first-order chi connectivity index (χ1) is 9.52. The van der Waals surface area contributed by atoms with Gasteiger partial charge in [0.05, 0.1) is 5.92 Å². The van der Waals surface area contributed by atoms with Crippen LogP contribution in [0.2, 0.25) is 0 Å². The summed E-state index contributed by atoms with van der Waals surface area (Å²) in [6.07, 6.45) is 1.37. The molecular formula is C13H18F2N4O. The Labute approximate surface area is 116 Å². The molecule has 1 aromatic rings. The molecule has 110 valence electrons. The Bertz CT molecular complexity index is 509. The second kappa shape index (κ2) is 6.02. The minimum absolute atomic E-state index is 0.0331. The molecule has 1 aliphatic rings. The van der Waals surface area contributed by atoms with Crippen molar-refractivity contribution in [3.8, 4) is 0 Å². The number of nitrogens with zero attached hydrogens (tertiary/aromatic N) is 2. The standard InChI is InChI=1S/C13H18F2N4O/c1-2-4-17-12-9(14)6-10(15)13(18-12)19-5-3-8(7-19)11(16)20/h6,8H,2-5,7H2,1H3,(H2,16,20)(H,17,18). The highest BCUT2D eigenvalue weighted by Gasteiger charge is 2.29. The molecule has 1 atom stereocenters. The largest absolute Gasteiger partial charge is 0.369 e. The number of carbonyl (C=O) groups is 1. The Morgan fingerprint density at radius 2 is 2.30 bits per heavy atom. The fourth-order valence-electron chi connectivity index (χ4n) is 2.23. The van der Waals surface area contributed by atoms with Crippen molar-refractivity contribution in [1.29, 1.82) is 0 Å². The van der Waals surface area contributed by atoms with E-state index in [-0.39, 0.29) is 17.6 Å². The first kappa shape index (κ1) is 14.5. The normalized spacial score (nSPS) is 18.4. The van der Waals surface area contributed by atoms with Gasteiger partial charge in [0.25, 0.3) is 0 Å². The zero-order chi connectivity index (χ0) is 14.7. The van der Waals surface area contributed by atoms with Crippen molar-refractivity contribution in [2.24, 2.45) is 11.7 Å². The molecule has 1 amide bonds. The molecule has 1 unspecified atom stereocenters. The number of aromatic nitrogens is 1. The van der Waals surface area contributed by atoms with Gasteiger partial charge in [0.2, 0.25) is 5.91 Å². The molecule has 1 aromatic heterocycles. The second-order valence-corrected chi connectivity index (χ2v) is 4.88. The smallest absolute Gasteiger partial charge is 0.222 e. The van der Waals surface area contributed by atoms with Gasteiger partial charge in [-0.3, -0.25) is 4.79 Å². The molecule has 0 spiro atoms. The Morgan fingerprint density at radius 1 is 1.55 bits per heavy atom. The molecule has 5 nitrogen and oxygen atoms in total. The Balaban J connectivity index is 2.21. The van der Waals surface area contributed by atoms with E-state index >= 15 is 0 Å². The van der Waals surface area contributed by atoms with Gasteiger partial charge in [-0.1, -0.05) is 6.92 Å². The number of carbonyl (C=O) groups excluding carboxylic acids is 1. The predicted octanol–water partition coefficient (Wildman–Crippen LogP) is 1.49. The van der Waals surface area contributed by atoms with Crippen molar-refractivity contribution in [1.82, 2.24) is 4.98 Å². The Kier molecular flexibility index (Phi) is 4.36. The minimum atomic E-state index is -0.727. The summed E-state index contributed by atoms with van der Waals surface area (Å²) in [6.45, 7) is 3.29. The average Bonchev–Trinajstić information content (AvgIpc) is 2.87. The van der Waals surface area contributed by atoms with E-state index in [1.807, 2.05) is 6.92 Å². The van der Waals surface area contributed by atoms with Crippen LogP contribution in [0.3, 0.4) is 0 Å². The molecule has 1 saturated heterocycles. The van der Waals surface area contributed by atoms with Crippen molar-refractivity contribution in [2.75, 3.05) is 29.9 Å². The van der Waals surface area contributed by atoms with Gasteiger partial charge in [0, 0.05) is 25.7 Å². The van der Waals surface area contributed by atoms with Crippen LogP contribution in [0.5, 0.6) is 0 Å². The lowest BCUT2D eigenvalue weighted by molar-refractivity contribution is -0.121. The fraction of sp³-hybridized carbons (Fsp3) is 0.538. The van der Waals surface area contributed by atoms with Gasteiger partial charge in [-0.25, -0.2) is 13.8 Å². The van der Waals surface area contributed by atoms with Crippen LogP contribution >= 0.6 is 0 Å². The third-order valence-electron chi connectivity index (χ3n) is 3.34. The quantitative estimate of drug-likeness (QED) is 0.859. The molecule has 0 radical (unpaired) electrons. The highest BCUT2D eigenvalue weighted by molar-refractivity contribution is 5.78. The molecule has 0 saturated carbocycles. The van der Waals surface area contributed by atoms with Crippen molar-refractivity contribution in [3.63, 3.8) is 0 Å². The maximum atomic E-state index is 13.8. The molecule has 2 heterocycles. The van der Waals surface area contributed by atoms with Crippen LogP contribution in [0.25, 0.3) is 0 Å². The van der Waals surface area contributed by atoms with Crippen LogP contribution in [-0.4, -0.2) is 30.5 Å². The summed E-state index contributed by atoms with van der Waals surface area (Å²) in [6, 6.07) is 0.817. The van der Waals surface area contributed by atoms with Gasteiger partial charge in [-0.05, 0) is 12.8 Å². The molecule has 1 aliphatic heterocycles. The zero-order valence-corrected chi connectivity index (χ0v) is 11.3. The van der Waals surface area contributed by atoms with E-state index in [9.17, 15) is 13.6 Å². The lowest BCUT2D eigenvalue weighted by atomic mass is 10.1. The maximum Gasteiger partial charge on any atom is 0.222 e. The van der Waals surface area contributed by atoms with Crippen LogP contribution in [-0.2, 0) is 4.79 Å². The van der Waals surface area contributed by atoms with E-state index in [2.05, 4.69) is 10.3 Å². The number of hydrogen-bond acceptors (Lipinski definition) is 4. The van der Waals surface area contributed by atoms with Gasteiger partial charge in [0.15, 0.2) is 23.3 Å². The SMILES string of the molecule is CCCNc1nc(N2CCC(C(N)=O)C2)c(F)cc1F. The van der Waals surface area contributed by atoms with E-state index in [0.29, 0.717) is 26.1 Å². The number of rotatable bonds is 5. The zero-order valence-electron chi connectivity index (χ0n) is 11.3. The number of nitrogens with two attached hydrogens (primary N) is 1. The van der Waals surface area contributed by atoms with Crippen LogP contribution in [0, 0.1) is 17.6 Å². The van der Waals surface area contributed by atoms with E-state index in [1.165, 1.54) is 0 Å². The van der Waals surface area contributed by atoms with Crippen molar-refractivity contribution in [2.45, 2.75) is 19.8 Å². The van der Waals surface area contributed by atoms with Gasteiger partial charge in [0.1, 0.15) is 0 Å². The summed E-state index contributed by atoms with van der Waals surface area (Å²) in [7, 11) is 0. The number of hydrogen-bond donors (Lipinski definition) is 2. The molecule has 20 heavy (non-hydrogen) atoms. The molecule has 1 fully saturated rings. The predicted molar refractivity (Wildman–Crippen MR) is 72.4 cm³/mol. The summed E-state index contributed by atoms with van der Waals surface area (Å²) in [4.78, 5) is 16.8. The topological polar surface area (TPSA) is 71.2 Å². The van der Waals surface area contributed by atoms with Gasteiger partial charge < -0.3 is 16.0 Å². The number of amides is 1. The number of pyridine rings is 1. The summed E-state index contributed by atoms with van der Waals surface area (Å²) in [5.74, 6) is -2.06. The van der Waals surface area contributed by atoms with E-state index < -0.39 is 17.5 Å². The molecule has 0 bridgehead atoms. The summed E-state index contributed by atoms with van der Waals surface area (Å²) >= 11 is 0. The van der Waals surface area contributed by atoms with Crippen molar-refractivity contribution in [3.05, 3.63) is 17.7 Å². The monoisotopic (exact) mass is 284 g/mol.